The molecule has 1 saturated carbocycles. The summed E-state index contributed by atoms with van der Waals surface area (Å²) >= 11 is 0. The van der Waals surface area contributed by atoms with Gasteiger partial charge < -0.3 is 5.73 Å². The van der Waals surface area contributed by atoms with Gasteiger partial charge in [-0.3, -0.25) is 0 Å². The van der Waals surface area contributed by atoms with Crippen molar-refractivity contribution in [3.05, 3.63) is 35.1 Å². The number of alkyl halides is 3. The molecule has 0 unspecified atom stereocenters. The summed E-state index contributed by atoms with van der Waals surface area (Å²) in [6, 6.07) is 3.45. The van der Waals surface area contributed by atoms with Gasteiger partial charge in [-0.05, 0) is 35.4 Å². The standard InChI is InChI=1S/C13H15F4N/c1-12(2)9(6-18)10(12)7-4-3-5-8(11(7)14)13(15,16)17/h3-5,9-10H,6,18H2,1-2H3/t9-,10-/m1/s1. The molecule has 0 aromatic heterocycles. The molecule has 2 N–H and O–H groups in total. The lowest BCUT2D eigenvalue weighted by molar-refractivity contribution is -0.140. The molecule has 1 aliphatic carbocycles. The van der Waals surface area contributed by atoms with Gasteiger partial charge in [-0.1, -0.05) is 26.0 Å². The number of halogens is 4. The largest absolute Gasteiger partial charge is 0.419 e. The van der Waals surface area contributed by atoms with Crippen LogP contribution in [0.15, 0.2) is 18.2 Å². The van der Waals surface area contributed by atoms with Crippen molar-refractivity contribution in [2.24, 2.45) is 17.1 Å². The van der Waals surface area contributed by atoms with Crippen LogP contribution in [0, 0.1) is 17.2 Å². The van der Waals surface area contributed by atoms with Crippen molar-refractivity contribution < 1.29 is 17.6 Å². The summed E-state index contributed by atoms with van der Waals surface area (Å²) in [5, 5.41) is 0. The smallest absolute Gasteiger partial charge is 0.330 e. The van der Waals surface area contributed by atoms with Gasteiger partial charge >= 0.3 is 6.18 Å². The van der Waals surface area contributed by atoms with Crippen LogP contribution in [-0.2, 0) is 6.18 Å². The molecule has 0 heterocycles. The number of rotatable bonds is 2. The lowest BCUT2D eigenvalue weighted by atomic mass is 10.00. The summed E-state index contributed by atoms with van der Waals surface area (Å²) < 4.78 is 51.8. The molecule has 1 nitrogen and oxygen atoms in total. The molecular weight excluding hydrogens is 246 g/mol. The minimum absolute atomic E-state index is 0.0375. The van der Waals surface area contributed by atoms with E-state index in [1.165, 1.54) is 12.1 Å². The summed E-state index contributed by atoms with van der Waals surface area (Å²) in [5.74, 6) is -1.35. The van der Waals surface area contributed by atoms with Crippen LogP contribution in [0.1, 0.15) is 30.9 Å². The molecule has 5 heteroatoms. The normalized spacial score (nSPS) is 26.2. The Kier molecular flexibility index (Phi) is 2.93. The van der Waals surface area contributed by atoms with Crippen LogP contribution >= 0.6 is 0 Å². The second-order valence-corrected chi connectivity index (χ2v) is 5.35. The fourth-order valence-corrected chi connectivity index (χ4v) is 2.81. The van der Waals surface area contributed by atoms with Crippen molar-refractivity contribution in [3.8, 4) is 0 Å². The van der Waals surface area contributed by atoms with Gasteiger partial charge in [0.1, 0.15) is 5.82 Å². The summed E-state index contributed by atoms with van der Waals surface area (Å²) in [6.07, 6.45) is -4.66. The van der Waals surface area contributed by atoms with E-state index in [0.29, 0.717) is 6.54 Å². The molecule has 0 bridgehead atoms. The first-order valence-corrected chi connectivity index (χ1v) is 5.77. The second-order valence-electron chi connectivity index (χ2n) is 5.35. The van der Waals surface area contributed by atoms with Gasteiger partial charge in [0, 0.05) is 0 Å². The zero-order valence-corrected chi connectivity index (χ0v) is 10.2. The first-order valence-electron chi connectivity index (χ1n) is 5.77. The maximum absolute atomic E-state index is 14.0. The molecule has 2 atom stereocenters. The molecule has 0 spiro atoms. The molecule has 1 fully saturated rings. The molecule has 0 saturated heterocycles. The van der Waals surface area contributed by atoms with Gasteiger partial charge in [0.2, 0.25) is 0 Å². The molecule has 0 aliphatic heterocycles. The first kappa shape index (κ1) is 13.3. The average Bonchev–Trinajstić information content (AvgIpc) is 2.79. The predicted molar refractivity (Wildman–Crippen MR) is 60.5 cm³/mol. The van der Waals surface area contributed by atoms with E-state index in [2.05, 4.69) is 0 Å². The Morgan fingerprint density at radius 3 is 2.33 bits per heavy atom. The van der Waals surface area contributed by atoms with Gasteiger partial charge in [-0.25, -0.2) is 4.39 Å². The quantitative estimate of drug-likeness (QED) is 0.809. The van der Waals surface area contributed by atoms with E-state index in [1.807, 2.05) is 13.8 Å². The van der Waals surface area contributed by atoms with Crippen LogP contribution in [0.3, 0.4) is 0 Å². The van der Waals surface area contributed by atoms with Crippen LogP contribution in [-0.4, -0.2) is 6.54 Å². The summed E-state index contributed by atoms with van der Waals surface area (Å²) in [5.41, 5.74) is 4.26. The molecule has 2 rings (SSSR count). The maximum atomic E-state index is 14.0. The highest BCUT2D eigenvalue weighted by molar-refractivity contribution is 5.37. The Hall–Kier alpha value is -1.10. The Labute approximate surface area is 103 Å². The second kappa shape index (κ2) is 3.95. The van der Waals surface area contributed by atoms with Gasteiger partial charge in [0.25, 0.3) is 0 Å². The number of benzene rings is 1. The number of nitrogens with two attached hydrogens (primary N) is 1. The van der Waals surface area contributed by atoms with Crippen molar-refractivity contribution in [3.63, 3.8) is 0 Å². The Bertz CT molecular complexity index is 465. The summed E-state index contributed by atoms with van der Waals surface area (Å²) in [6.45, 7) is 4.15. The minimum Gasteiger partial charge on any atom is -0.330 e. The average molecular weight is 261 g/mol. The molecule has 18 heavy (non-hydrogen) atoms. The Balaban J connectivity index is 2.43. The third kappa shape index (κ3) is 1.90. The Morgan fingerprint density at radius 1 is 1.28 bits per heavy atom. The molecule has 1 aliphatic rings. The molecule has 100 valence electrons. The lowest BCUT2D eigenvalue weighted by Crippen LogP contribution is -2.10. The summed E-state index contributed by atoms with van der Waals surface area (Å²) in [7, 11) is 0. The van der Waals surface area contributed by atoms with E-state index in [9.17, 15) is 17.6 Å². The van der Waals surface area contributed by atoms with Gasteiger partial charge in [-0.15, -0.1) is 0 Å². The van der Waals surface area contributed by atoms with Crippen molar-refractivity contribution >= 4 is 0 Å². The predicted octanol–water partition coefficient (Wildman–Crippen LogP) is 3.54. The van der Waals surface area contributed by atoms with Gasteiger partial charge in [-0.2, -0.15) is 13.2 Å². The highest BCUT2D eigenvalue weighted by Crippen LogP contribution is 2.64. The van der Waals surface area contributed by atoms with Crippen LogP contribution in [0.25, 0.3) is 0 Å². The topological polar surface area (TPSA) is 26.0 Å². The van der Waals surface area contributed by atoms with Crippen molar-refractivity contribution in [1.82, 2.24) is 0 Å². The van der Waals surface area contributed by atoms with E-state index >= 15 is 0 Å². The highest BCUT2D eigenvalue weighted by Gasteiger charge is 2.58. The molecule has 1 aromatic carbocycles. The molecule has 1 aromatic rings. The van der Waals surface area contributed by atoms with E-state index in [4.69, 9.17) is 5.73 Å². The van der Waals surface area contributed by atoms with Gasteiger partial charge in [0.05, 0.1) is 5.56 Å². The maximum Gasteiger partial charge on any atom is 0.419 e. The SMILES string of the molecule is CC1(C)[C@H](CN)[C@H]1c1cccc(C(F)(F)F)c1F. The van der Waals surface area contributed by atoms with E-state index in [-0.39, 0.29) is 22.8 Å². The highest BCUT2D eigenvalue weighted by atomic mass is 19.4. The fraction of sp³-hybridized carbons (Fsp3) is 0.538. The molecule has 0 amide bonds. The first-order chi connectivity index (χ1) is 8.21. The third-order valence-electron chi connectivity index (χ3n) is 3.97. The Morgan fingerprint density at radius 2 is 1.89 bits per heavy atom. The van der Waals surface area contributed by atoms with E-state index in [1.54, 1.807) is 0 Å². The van der Waals surface area contributed by atoms with E-state index < -0.39 is 17.6 Å². The van der Waals surface area contributed by atoms with Crippen molar-refractivity contribution in [1.29, 1.82) is 0 Å². The lowest BCUT2D eigenvalue weighted by Gasteiger charge is -2.12. The van der Waals surface area contributed by atoms with Crippen LogP contribution < -0.4 is 5.73 Å². The van der Waals surface area contributed by atoms with Crippen molar-refractivity contribution in [2.75, 3.05) is 6.54 Å². The van der Waals surface area contributed by atoms with Crippen molar-refractivity contribution in [2.45, 2.75) is 25.9 Å². The number of hydrogen-bond donors (Lipinski definition) is 1. The van der Waals surface area contributed by atoms with Crippen LogP contribution in [0.5, 0.6) is 0 Å². The zero-order chi connectivity index (χ0) is 13.7. The number of hydrogen-bond acceptors (Lipinski definition) is 1. The fourth-order valence-electron chi connectivity index (χ4n) is 2.81. The third-order valence-corrected chi connectivity index (χ3v) is 3.97. The molecular formula is C13H15F4N. The minimum atomic E-state index is -4.66. The zero-order valence-electron chi connectivity index (χ0n) is 10.2. The van der Waals surface area contributed by atoms with Gasteiger partial charge in [0.15, 0.2) is 0 Å². The van der Waals surface area contributed by atoms with Crippen LogP contribution in [0.4, 0.5) is 17.6 Å². The van der Waals surface area contributed by atoms with Crippen LogP contribution in [0.2, 0.25) is 0 Å². The van der Waals surface area contributed by atoms with E-state index in [0.717, 1.165) is 6.07 Å². The summed E-state index contributed by atoms with van der Waals surface area (Å²) in [4.78, 5) is 0. The monoisotopic (exact) mass is 261 g/mol. The molecule has 0 radical (unpaired) electrons.